The van der Waals surface area contributed by atoms with Crippen molar-refractivity contribution in [1.82, 2.24) is 4.98 Å². The van der Waals surface area contributed by atoms with Crippen LogP contribution < -0.4 is 5.63 Å². The Morgan fingerprint density at radius 1 is 0.857 bits per heavy atom. The molecule has 4 nitrogen and oxygen atoms in total. The zero-order valence-corrected chi connectivity index (χ0v) is 11.4. The van der Waals surface area contributed by atoms with E-state index in [1.165, 1.54) is 6.07 Å². The van der Waals surface area contributed by atoms with Crippen molar-refractivity contribution in [2.75, 3.05) is 0 Å². The number of halogens is 1. The van der Waals surface area contributed by atoms with E-state index >= 15 is 0 Å². The average Bonchev–Trinajstić information content (AvgIpc) is 2.92. The third-order valence-electron chi connectivity index (χ3n) is 3.25. The topological polar surface area (TPSA) is 56.2 Å². The first-order valence-corrected chi connectivity index (χ1v) is 6.68. The Morgan fingerprint density at radius 2 is 1.62 bits per heavy atom. The molecule has 0 spiro atoms. The molecule has 2 aromatic heterocycles. The minimum absolute atomic E-state index is 0.386. The lowest BCUT2D eigenvalue weighted by molar-refractivity contribution is 0.561. The molecular weight excluding hydrogens is 290 g/mol. The molecule has 2 aromatic carbocycles. The first kappa shape index (κ1) is 12.2. The second-order valence-corrected chi connectivity index (χ2v) is 5.04. The van der Waals surface area contributed by atoms with Crippen molar-refractivity contribution in [3.8, 4) is 11.5 Å². The Kier molecular flexibility index (Phi) is 2.59. The van der Waals surface area contributed by atoms with Crippen LogP contribution in [0, 0.1) is 0 Å². The van der Waals surface area contributed by atoms with Crippen molar-refractivity contribution in [1.29, 1.82) is 0 Å². The zero-order chi connectivity index (χ0) is 14.4. The van der Waals surface area contributed by atoms with Gasteiger partial charge in [-0.3, -0.25) is 0 Å². The third-order valence-corrected chi connectivity index (χ3v) is 3.50. The van der Waals surface area contributed by atoms with Crippen LogP contribution in [0.4, 0.5) is 0 Å². The van der Waals surface area contributed by atoms with Gasteiger partial charge in [0.2, 0.25) is 5.89 Å². The summed E-state index contributed by atoms with van der Waals surface area (Å²) in [6, 6.07) is 13.8. The maximum absolute atomic E-state index is 11.3. The smallest absolute Gasteiger partial charge is 0.336 e. The van der Waals surface area contributed by atoms with Crippen LogP contribution in [0.15, 0.2) is 62.2 Å². The van der Waals surface area contributed by atoms with Gasteiger partial charge < -0.3 is 8.83 Å². The van der Waals surface area contributed by atoms with Crippen molar-refractivity contribution < 1.29 is 8.83 Å². The lowest BCUT2D eigenvalue weighted by atomic mass is 10.2. The van der Waals surface area contributed by atoms with Gasteiger partial charge in [-0.05, 0) is 42.5 Å². The molecule has 0 amide bonds. The van der Waals surface area contributed by atoms with Crippen molar-refractivity contribution in [2.24, 2.45) is 0 Å². The van der Waals surface area contributed by atoms with Gasteiger partial charge in [0.1, 0.15) is 11.1 Å². The highest BCUT2D eigenvalue weighted by molar-refractivity contribution is 6.30. The summed E-state index contributed by atoms with van der Waals surface area (Å²) in [4.78, 5) is 15.8. The monoisotopic (exact) mass is 297 g/mol. The Bertz CT molecular complexity index is 1020. The minimum atomic E-state index is -0.386. The average molecular weight is 298 g/mol. The lowest BCUT2D eigenvalue weighted by Crippen LogP contribution is -1.94. The summed E-state index contributed by atoms with van der Waals surface area (Å²) in [6.07, 6.45) is 0. The number of aromatic nitrogens is 1. The van der Waals surface area contributed by atoms with E-state index in [1.807, 2.05) is 12.1 Å². The minimum Gasteiger partial charge on any atom is -0.436 e. The summed E-state index contributed by atoms with van der Waals surface area (Å²) in [5.74, 6) is 0.500. The second kappa shape index (κ2) is 4.46. The Hall–Kier alpha value is -2.59. The predicted molar refractivity (Wildman–Crippen MR) is 80.5 cm³/mol. The molecule has 4 rings (SSSR count). The largest absolute Gasteiger partial charge is 0.436 e. The van der Waals surface area contributed by atoms with Gasteiger partial charge in [-0.25, -0.2) is 9.78 Å². The standard InChI is InChI=1S/C16H8ClNO3/c17-10-3-1-9(2-4-10)16-18-15-11-5-8-14(19)20-12(11)6-7-13(15)21-16/h1-8H. The van der Waals surface area contributed by atoms with Gasteiger partial charge >= 0.3 is 5.63 Å². The molecule has 0 fully saturated rings. The summed E-state index contributed by atoms with van der Waals surface area (Å²) in [5, 5.41) is 1.40. The first-order chi connectivity index (χ1) is 10.2. The summed E-state index contributed by atoms with van der Waals surface area (Å²) in [5.41, 5.74) is 2.25. The molecule has 0 aliphatic rings. The highest BCUT2D eigenvalue weighted by atomic mass is 35.5. The van der Waals surface area contributed by atoms with E-state index in [2.05, 4.69) is 4.98 Å². The molecule has 0 N–H and O–H groups in total. The van der Waals surface area contributed by atoms with Gasteiger partial charge in [-0.2, -0.15) is 0 Å². The number of rotatable bonds is 1. The number of benzene rings is 2. The zero-order valence-electron chi connectivity index (χ0n) is 10.7. The van der Waals surface area contributed by atoms with Crippen LogP contribution in [-0.2, 0) is 0 Å². The molecule has 0 unspecified atom stereocenters. The molecular formula is C16H8ClNO3. The molecule has 4 aromatic rings. The fraction of sp³-hybridized carbons (Fsp3) is 0. The van der Waals surface area contributed by atoms with Crippen molar-refractivity contribution >= 4 is 33.7 Å². The van der Waals surface area contributed by atoms with Crippen LogP contribution in [0.5, 0.6) is 0 Å². The van der Waals surface area contributed by atoms with Crippen LogP contribution >= 0.6 is 11.6 Å². The van der Waals surface area contributed by atoms with Crippen LogP contribution in [0.3, 0.4) is 0 Å². The van der Waals surface area contributed by atoms with E-state index in [1.54, 1.807) is 30.3 Å². The molecule has 0 radical (unpaired) electrons. The summed E-state index contributed by atoms with van der Waals surface area (Å²) >= 11 is 5.88. The number of oxazole rings is 1. The fourth-order valence-corrected chi connectivity index (χ4v) is 2.38. The first-order valence-electron chi connectivity index (χ1n) is 6.30. The fourth-order valence-electron chi connectivity index (χ4n) is 2.26. The van der Waals surface area contributed by atoms with Crippen LogP contribution in [0.2, 0.25) is 5.02 Å². The molecule has 102 valence electrons. The molecule has 5 heteroatoms. The van der Waals surface area contributed by atoms with E-state index in [4.69, 9.17) is 20.4 Å². The van der Waals surface area contributed by atoms with Crippen molar-refractivity contribution in [2.45, 2.75) is 0 Å². The number of hydrogen-bond donors (Lipinski definition) is 0. The molecule has 21 heavy (non-hydrogen) atoms. The second-order valence-electron chi connectivity index (χ2n) is 4.60. The summed E-state index contributed by atoms with van der Waals surface area (Å²) < 4.78 is 10.9. The van der Waals surface area contributed by atoms with Gasteiger partial charge in [0.05, 0.1) is 0 Å². The van der Waals surface area contributed by atoms with Crippen LogP contribution in [0.25, 0.3) is 33.5 Å². The highest BCUT2D eigenvalue weighted by Gasteiger charge is 2.12. The van der Waals surface area contributed by atoms with E-state index in [-0.39, 0.29) is 5.63 Å². The maximum Gasteiger partial charge on any atom is 0.336 e. The summed E-state index contributed by atoms with van der Waals surface area (Å²) in [7, 11) is 0. The third kappa shape index (κ3) is 2.00. The number of fused-ring (bicyclic) bond motifs is 3. The Morgan fingerprint density at radius 3 is 2.43 bits per heavy atom. The normalized spacial score (nSPS) is 11.3. The van der Waals surface area contributed by atoms with Gasteiger partial charge in [-0.15, -0.1) is 0 Å². The molecule has 0 bridgehead atoms. The molecule has 0 aliphatic heterocycles. The van der Waals surface area contributed by atoms with Crippen LogP contribution in [-0.4, -0.2) is 4.98 Å². The Balaban J connectivity index is 1.99. The van der Waals surface area contributed by atoms with Gasteiger partial charge in [-0.1, -0.05) is 11.6 Å². The molecule has 0 aliphatic carbocycles. The molecule has 0 atom stereocenters. The maximum atomic E-state index is 11.3. The Labute approximate surface area is 123 Å². The molecule has 0 saturated heterocycles. The lowest BCUT2D eigenvalue weighted by Gasteiger charge is -1.94. The van der Waals surface area contributed by atoms with Gasteiger partial charge in [0, 0.05) is 22.0 Å². The highest BCUT2D eigenvalue weighted by Crippen LogP contribution is 2.29. The van der Waals surface area contributed by atoms with Crippen molar-refractivity contribution in [3.05, 3.63) is 64.0 Å². The van der Waals surface area contributed by atoms with Gasteiger partial charge in [0.15, 0.2) is 5.58 Å². The van der Waals surface area contributed by atoms with Crippen molar-refractivity contribution in [3.63, 3.8) is 0 Å². The van der Waals surface area contributed by atoms with E-state index in [0.29, 0.717) is 27.6 Å². The van der Waals surface area contributed by atoms with E-state index in [0.717, 1.165) is 10.9 Å². The SMILES string of the molecule is O=c1ccc2c(ccc3oc(-c4ccc(Cl)cc4)nc32)o1. The van der Waals surface area contributed by atoms with E-state index < -0.39 is 0 Å². The quantitative estimate of drug-likeness (QED) is 0.493. The molecule has 0 saturated carbocycles. The van der Waals surface area contributed by atoms with Crippen LogP contribution in [0.1, 0.15) is 0 Å². The van der Waals surface area contributed by atoms with E-state index in [9.17, 15) is 4.79 Å². The summed E-state index contributed by atoms with van der Waals surface area (Å²) in [6.45, 7) is 0. The number of nitrogens with zero attached hydrogens (tertiary/aromatic N) is 1. The molecule has 2 heterocycles. The predicted octanol–water partition coefficient (Wildman–Crippen LogP) is 4.25. The van der Waals surface area contributed by atoms with Gasteiger partial charge in [0.25, 0.3) is 0 Å². The number of hydrogen-bond acceptors (Lipinski definition) is 4.